The third kappa shape index (κ3) is 3.23. The highest BCUT2D eigenvalue weighted by Crippen LogP contribution is 2.46. The van der Waals surface area contributed by atoms with Gasteiger partial charge in [-0.3, -0.25) is 4.79 Å². The number of anilines is 1. The lowest BCUT2D eigenvalue weighted by Gasteiger charge is -2.19. The van der Waals surface area contributed by atoms with Crippen molar-refractivity contribution in [1.82, 2.24) is 0 Å². The first-order valence-electron chi connectivity index (χ1n) is 10.7. The van der Waals surface area contributed by atoms with Crippen LogP contribution in [0.15, 0.2) is 75.9 Å². The minimum Gasteiger partial charge on any atom is -0.497 e. The Morgan fingerprint density at radius 1 is 1.00 bits per heavy atom. The van der Waals surface area contributed by atoms with Crippen molar-refractivity contribution in [2.45, 2.75) is 12.0 Å². The summed E-state index contributed by atoms with van der Waals surface area (Å²) in [6.07, 6.45) is -1.01. The second-order valence-electron chi connectivity index (χ2n) is 7.98. The smallest absolute Gasteiger partial charge is 0.344 e. The van der Waals surface area contributed by atoms with Gasteiger partial charge in [0.1, 0.15) is 17.1 Å². The zero-order valence-corrected chi connectivity index (χ0v) is 18.1. The minimum absolute atomic E-state index is 0.116. The molecule has 34 heavy (non-hydrogen) atoms. The molecule has 1 amide bonds. The van der Waals surface area contributed by atoms with Crippen LogP contribution in [0.5, 0.6) is 23.0 Å². The first-order valence-corrected chi connectivity index (χ1v) is 10.7. The molecule has 2 aliphatic rings. The van der Waals surface area contributed by atoms with E-state index in [1.54, 1.807) is 67.8 Å². The van der Waals surface area contributed by atoms with Crippen molar-refractivity contribution in [2.24, 2.45) is 0 Å². The summed E-state index contributed by atoms with van der Waals surface area (Å²) in [5.74, 6) is 1.07. The highest BCUT2D eigenvalue weighted by Gasteiger charge is 2.44. The van der Waals surface area contributed by atoms with Gasteiger partial charge in [-0.25, -0.2) is 4.79 Å². The molecule has 2 aliphatic heterocycles. The number of hydrogen-bond donors (Lipinski definition) is 1. The number of fused-ring (bicyclic) bond motifs is 4. The van der Waals surface area contributed by atoms with Gasteiger partial charge in [-0.2, -0.15) is 0 Å². The molecule has 0 unspecified atom stereocenters. The van der Waals surface area contributed by atoms with Crippen molar-refractivity contribution >= 4 is 22.6 Å². The summed E-state index contributed by atoms with van der Waals surface area (Å²) in [6, 6.07) is 19.4. The Kier molecular flexibility index (Phi) is 4.65. The fourth-order valence-corrected chi connectivity index (χ4v) is 4.42. The van der Waals surface area contributed by atoms with E-state index in [-0.39, 0.29) is 6.79 Å². The molecule has 170 valence electrons. The number of benzene rings is 3. The number of nitrogens with one attached hydrogen (secondary N) is 1. The summed E-state index contributed by atoms with van der Waals surface area (Å²) in [4.78, 5) is 26.5. The quantitative estimate of drug-likeness (QED) is 0.462. The Hall–Kier alpha value is -4.46. The molecular formula is C26H19NO7. The van der Waals surface area contributed by atoms with Crippen molar-refractivity contribution in [3.8, 4) is 23.0 Å². The Morgan fingerprint density at radius 3 is 2.62 bits per heavy atom. The lowest BCUT2D eigenvalue weighted by molar-refractivity contribution is -0.122. The van der Waals surface area contributed by atoms with Crippen LogP contribution in [0.25, 0.3) is 11.0 Å². The summed E-state index contributed by atoms with van der Waals surface area (Å²) < 4.78 is 27.9. The number of amides is 1. The van der Waals surface area contributed by atoms with Crippen molar-refractivity contribution in [3.05, 3.63) is 88.3 Å². The Morgan fingerprint density at radius 2 is 1.79 bits per heavy atom. The average molecular weight is 457 g/mol. The number of carbonyl (C=O) groups excluding carboxylic acids is 1. The Bertz CT molecular complexity index is 1480. The van der Waals surface area contributed by atoms with Gasteiger partial charge in [0.25, 0.3) is 5.91 Å². The van der Waals surface area contributed by atoms with Crippen LogP contribution < -0.4 is 29.9 Å². The third-order valence-electron chi connectivity index (χ3n) is 6.03. The van der Waals surface area contributed by atoms with E-state index in [1.165, 1.54) is 0 Å². The second-order valence-corrected chi connectivity index (χ2v) is 7.98. The van der Waals surface area contributed by atoms with Gasteiger partial charge in [0.2, 0.25) is 6.79 Å². The fourth-order valence-electron chi connectivity index (χ4n) is 4.42. The van der Waals surface area contributed by atoms with E-state index in [9.17, 15) is 9.59 Å². The summed E-state index contributed by atoms with van der Waals surface area (Å²) in [5.41, 5.74) is 1.41. The first kappa shape index (κ1) is 20.2. The van der Waals surface area contributed by atoms with Crippen LogP contribution in [0.3, 0.4) is 0 Å². The minimum atomic E-state index is -1.01. The molecule has 0 bridgehead atoms. The standard InChI is InChI=1S/C26H19NO7/c1-30-16-9-7-15(8-10-16)27-25(28)24-21(14-6-11-19-20(12-14)32-13-31-19)22-23(34-24)17-4-2-3-5-18(17)33-26(22)29/h2-12,21,24H,13H2,1H3,(H,27,28)/t21-,24-/m1/s1. The van der Waals surface area contributed by atoms with Crippen molar-refractivity contribution < 1.29 is 28.2 Å². The van der Waals surface area contributed by atoms with Gasteiger partial charge in [0, 0.05) is 5.69 Å². The maximum Gasteiger partial charge on any atom is 0.344 e. The normalized spacial score (nSPS) is 17.8. The van der Waals surface area contributed by atoms with Crippen LogP contribution in [-0.2, 0) is 4.79 Å². The van der Waals surface area contributed by atoms with E-state index in [0.717, 1.165) is 0 Å². The number of rotatable bonds is 4. The molecule has 3 aromatic carbocycles. The SMILES string of the molecule is COc1ccc(NC(=O)[C@@H]2Oc3c(c(=O)oc4ccccc34)[C@H]2c2ccc3c(c2)OCO3)cc1. The summed E-state index contributed by atoms with van der Waals surface area (Å²) in [7, 11) is 1.57. The number of ether oxygens (including phenoxy) is 4. The largest absolute Gasteiger partial charge is 0.497 e. The molecule has 0 spiro atoms. The van der Waals surface area contributed by atoms with Gasteiger partial charge in [0.05, 0.1) is 24.0 Å². The van der Waals surface area contributed by atoms with Crippen LogP contribution in [0, 0.1) is 0 Å². The molecule has 0 saturated heterocycles. The molecule has 2 atom stereocenters. The van der Waals surface area contributed by atoms with Gasteiger partial charge in [-0.15, -0.1) is 0 Å². The lowest BCUT2D eigenvalue weighted by atomic mass is 9.88. The van der Waals surface area contributed by atoms with E-state index in [4.69, 9.17) is 23.4 Å². The molecular weight excluding hydrogens is 438 g/mol. The molecule has 8 heteroatoms. The van der Waals surface area contributed by atoms with Crippen LogP contribution in [0.1, 0.15) is 17.0 Å². The highest BCUT2D eigenvalue weighted by atomic mass is 16.7. The number of hydrogen-bond acceptors (Lipinski definition) is 7. The van der Waals surface area contributed by atoms with Crippen LogP contribution in [0.2, 0.25) is 0 Å². The van der Waals surface area contributed by atoms with E-state index in [1.807, 2.05) is 6.07 Å². The monoisotopic (exact) mass is 457 g/mol. The molecule has 3 heterocycles. The summed E-state index contributed by atoms with van der Waals surface area (Å²) in [6.45, 7) is 0.116. The highest BCUT2D eigenvalue weighted by molar-refractivity contribution is 5.97. The molecule has 0 radical (unpaired) electrons. The zero-order chi connectivity index (χ0) is 23.2. The predicted molar refractivity (Wildman–Crippen MR) is 123 cm³/mol. The maximum absolute atomic E-state index is 13.4. The Labute approximate surface area is 193 Å². The molecule has 8 nitrogen and oxygen atoms in total. The molecule has 4 aromatic rings. The van der Waals surface area contributed by atoms with Gasteiger partial charge < -0.3 is 28.7 Å². The molecule has 1 N–H and O–H groups in total. The first-order chi connectivity index (χ1) is 16.6. The summed E-state index contributed by atoms with van der Waals surface area (Å²) >= 11 is 0. The van der Waals surface area contributed by atoms with E-state index < -0.39 is 23.6 Å². The number of carbonyl (C=O) groups is 1. The predicted octanol–water partition coefficient (Wildman–Crippen LogP) is 4.06. The molecule has 1 aromatic heterocycles. The van der Waals surface area contributed by atoms with Crippen LogP contribution in [0.4, 0.5) is 5.69 Å². The topological polar surface area (TPSA) is 96.2 Å². The van der Waals surface area contributed by atoms with Gasteiger partial charge in [-0.1, -0.05) is 18.2 Å². The van der Waals surface area contributed by atoms with Crippen molar-refractivity contribution in [1.29, 1.82) is 0 Å². The molecule has 0 fully saturated rings. The summed E-state index contributed by atoms with van der Waals surface area (Å²) in [5, 5.41) is 3.51. The zero-order valence-electron chi connectivity index (χ0n) is 18.1. The second kappa shape index (κ2) is 7.84. The fraction of sp³-hybridized carbons (Fsp3) is 0.154. The van der Waals surface area contributed by atoms with Crippen molar-refractivity contribution in [2.75, 3.05) is 19.2 Å². The molecule has 0 saturated carbocycles. The average Bonchev–Trinajstić information content (AvgIpc) is 3.49. The number of methoxy groups -OCH3 is 1. The van der Waals surface area contributed by atoms with Crippen LogP contribution in [-0.4, -0.2) is 25.9 Å². The molecule has 0 aliphatic carbocycles. The van der Waals surface area contributed by atoms with Crippen molar-refractivity contribution in [3.63, 3.8) is 0 Å². The van der Waals surface area contributed by atoms with E-state index in [0.29, 0.717) is 50.8 Å². The third-order valence-corrected chi connectivity index (χ3v) is 6.03. The molecule has 6 rings (SSSR count). The maximum atomic E-state index is 13.4. The van der Waals surface area contributed by atoms with Gasteiger partial charge >= 0.3 is 5.63 Å². The van der Waals surface area contributed by atoms with E-state index in [2.05, 4.69) is 5.32 Å². The number of para-hydroxylation sites is 1. The van der Waals surface area contributed by atoms with Gasteiger partial charge in [-0.05, 0) is 54.1 Å². The van der Waals surface area contributed by atoms with Crippen LogP contribution >= 0.6 is 0 Å². The Balaban J connectivity index is 1.45. The lowest BCUT2D eigenvalue weighted by Crippen LogP contribution is -2.35. The van der Waals surface area contributed by atoms with Gasteiger partial charge in [0.15, 0.2) is 17.6 Å². The van der Waals surface area contributed by atoms with E-state index >= 15 is 0 Å².